The molecule has 0 spiro atoms. The van der Waals surface area contributed by atoms with E-state index in [1.165, 1.54) is 0 Å². The molecule has 0 aromatic heterocycles. The molecule has 0 fully saturated rings. The predicted molar refractivity (Wildman–Crippen MR) is 42.9 cm³/mol. The smallest absolute Gasteiger partial charge is 0.0443 e. The van der Waals surface area contributed by atoms with Crippen LogP contribution in [-0.4, -0.2) is 42.8 Å². The lowest BCUT2D eigenvalue weighted by Crippen LogP contribution is -2.30. The molecule has 0 aromatic rings. The molecule has 62 valence electrons. The number of nitrogens with zero attached hydrogens (tertiary/aromatic N) is 1. The minimum Gasteiger partial charge on any atom is -0.396 e. The van der Waals surface area contributed by atoms with Crippen LogP contribution in [0, 0.1) is 0 Å². The molecular formula is C7H18N2O. The zero-order chi connectivity index (χ0) is 7.82. The second-order valence-electron chi connectivity index (χ2n) is 2.30. The molecule has 0 amide bonds. The Morgan fingerprint density at radius 3 is 2.50 bits per heavy atom. The van der Waals surface area contributed by atoms with Gasteiger partial charge in [-0.25, -0.2) is 0 Å². The summed E-state index contributed by atoms with van der Waals surface area (Å²) in [5.74, 6) is 0. The van der Waals surface area contributed by atoms with Gasteiger partial charge in [-0.05, 0) is 13.0 Å². The van der Waals surface area contributed by atoms with Crippen LogP contribution >= 0.6 is 0 Å². The molecular weight excluding hydrogens is 128 g/mol. The van der Waals surface area contributed by atoms with E-state index in [1.54, 1.807) is 0 Å². The highest BCUT2D eigenvalue weighted by molar-refractivity contribution is 4.54. The summed E-state index contributed by atoms with van der Waals surface area (Å²) in [6.45, 7) is 6.02. The monoisotopic (exact) mass is 146 g/mol. The maximum absolute atomic E-state index is 8.52. The minimum atomic E-state index is 0.279. The van der Waals surface area contributed by atoms with Crippen molar-refractivity contribution in [1.82, 2.24) is 4.90 Å². The molecule has 0 aliphatic carbocycles. The maximum atomic E-state index is 8.52. The third-order valence-corrected chi connectivity index (χ3v) is 1.52. The summed E-state index contributed by atoms with van der Waals surface area (Å²) in [7, 11) is 0. The van der Waals surface area contributed by atoms with Crippen LogP contribution in [0.15, 0.2) is 0 Å². The van der Waals surface area contributed by atoms with Gasteiger partial charge in [0, 0.05) is 26.2 Å². The van der Waals surface area contributed by atoms with E-state index >= 15 is 0 Å². The largest absolute Gasteiger partial charge is 0.396 e. The molecule has 0 rings (SSSR count). The molecule has 0 aromatic carbocycles. The van der Waals surface area contributed by atoms with Crippen molar-refractivity contribution in [2.24, 2.45) is 5.73 Å². The van der Waals surface area contributed by atoms with E-state index in [0.717, 1.165) is 26.1 Å². The van der Waals surface area contributed by atoms with E-state index < -0.39 is 0 Å². The van der Waals surface area contributed by atoms with Crippen molar-refractivity contribution in [2.75, 3.05) is 32.8 Å². The van der Waals surface area contributed by atoms with Crippen molar-refractivity contribution in [3.05, 3.63) is 0 Å². The second kappa shape index (κ2) is 6.99. The van der Waals surface area contributed by atoms with Crippen LogP contribution < -0.4 is 5.73 Å². The maximum Gasteiger partial charge on any atom is 0.0443 e. The fourth-order valence-electron chi connectivity index (χ4n) is 0.905. The predicted octanol–water partition coefficient (Wildman–Crippen LogP) is -0.351. The molecule has 10 heavy (non-hydrogen) atoms. The van der Waals surface area contributed by atoms with Crippen LogP contribution in [-0.2, 0) is 0 Å². The van der Waals surface area contributed by atoms with Gasteiger partial charge in [-0.2, -0.15) is 0 Å². The van der Waals surface area contributed by atoms with Crippen LogP contribution in [0.1, 0.15) is 13.3 Å². The number of aliphatic hydroxyl groups excluding tert-OH is 1. The van der Waals surface area contributed by atoms with E-state index in [-0.39, 0.29) is 6.61 Å². The Bertz CT molecular complexity index is 68.6. The summed E-state index contributed by atoms with van der Waals surface area (Å²) < 4.78 is 0. The van der Waals surface area contributed by atoms with Crippen molar-refractivity contribution in [3.63, 3.8) is 0 Å². The fraction of sp³-hybridized carbons (Fsp3) is 1.00. The summed E-state index contributed by atoms with van der Waals surface area (Å²) in [5, 5.41) is 8.52. The Balaban J connectivity index is 3.21. The SMILES string of the molecule is CCN(CCN)CCCO. The van der Waals surface area contributed by atoms with Crippen molar-refractivity contribution in [2.45, 2.75) is 13.3 Å². The van der Waals surface area contributed by atoms with E-state index in [1.807, 2.05) is 0 Å². The van der Waals surface area contributed by atoms with Gasteiger partial charge in [-0.3, -0.25) is 0 Å². The first kappa shape index (κ1) is 9.88. The van der Waals surface area contributed by atoms with Crippen molar-refractivity contribution in [3.8, 4) is 0 Å². The molecule has 0 heterocycles. The number of hydrogen-bond acceptors (Lipinski definition) is 3. The number of rotatable bonds is 6. The number of likely N-dealkylation sites (N-methyl/N-ethyl adjacent to an activating group) is 1. The van der Waals surface area contributed by atoms with Crippen LogP contribution in [0.4, 0.5) is 0 Å². The third-order valence-electron chi connectivity index (χ3n) is 1.52. The summed E-state index contributed by atoms with van der Waals surface area (Å²) >= 11 is 0. The van der Waals surface area contributed by atoms with Gasteiger partial charge in [-0.1, -0.05) is 6.92 Å². The van der Waals surface area contributed by atoms with Gasteiger partial charge in [0.05, 0.1) is 0 Å². The van der Waals surface area contributed by atoms with Crippen LogP contribution in [0.3, 0.4) is 0 Å². The third kappa shape index (κ3) is 4.73. The molecule has 0 radical (unpaired) electrons. The first-order valence-electron chi connectivity index (χ1n) is 3.88. The lowest BCUT2D eigenvalue weighted by Gasteiger charge is -2.18. The molecule has 0 unspecified atom stereocenters. The van der Waals surface area contributed by atoms with E-state index in [2.05, 4.69) is 11.8 Å². The molecule has 0 aliphatic heterocycles. The average molecular weight is 146 g/mol. The van der Waals surface area contributed by atoms with Gasteiger partial charge < -0.3 is 15.7 Å². The van der Waals surface area contributed by atoms with Crippen molar-refractivity contribution < 1.29 is 5.11 Å². The number of nitrogens with two attached hydrogens (primary N) is 1. The fourth-order valence-corrected chi connectivity index (χ4v) is 0.905. The normalized spacial score (nSPS) is 10.8. The van der Waals surface area contributed by atoms with Crippen LogP contribution in [0.25, 0.3) is 0 Å². The highest BCUT2D eigenvalue weighted by Crippen LogP contribution is 1.88. The van der Waals surface area contributed by atoms with E-state index in [0.29, 0.717) is 6.54 Å². The molecule has 0 atom stereocenters. The molecule has 0 aliphatic rings. The topological polar surface area (TPSA) is 49.5 Å². The van der Waals surface area contributed by atoms with Crippen molar-refractivity contribution in [1.29, 1.82) is 0 Å². The van der Waals surface area contributed by atoms with E-state index in [9.17, 15) is 0 Å². The Hall–Kier alpha value is -0.120. The number of aliphatic hydroxyl groups is 1. The van der Waals surface area contributed by atoms with Crippen LogP contribution in [0.2, 0.25) is 0 Å². The summed E-state index contributed by atoms with van der Waals surface area (Å²) in [5.41, 5.74) is 5.37. The first-order valence-corrected chi connectivity index (χ1v) is 3.88. The standard InChI is InChI=1S/C7H18N2O/c1-2-9(6-4-8)5-3-7-10/h10H,2-8H2,1H3. The van der Waals surface area contributed by atoms with Gasteiger partial charge in [0.2, 0.25) is 0 Å². The Labute approximate surface area is 62.8 Å². The Morgan fingerprint density at radius 1 is 1.40 bits per heavy atom. The first-order chi connectivity index (χ1) is 4.85. The quantitative estimate of drug-likeness (QED) is 0.538. The van der Waals surface area contributed by atoms with E-state index in [4.69, 9.17) is 10.8 Å². The van der Waals surface area contributed by atoms with Crippen LogP contribution in [0.5, 0.6) is 0 Å². The Morgan fingerprint density at radius 2 is 2.10 bits per heavy atom. The minimum absolute atomic E-state index is 0.279. The molecule has 3 nitrogen and oxygen atoms in total. The lowest BCUT2D eigenvalue weighted by atomic mass is 10.4. The molecule has 0 saturated carbocycles. The zero-order valence-electron chi connectivity index (χ0n) is 6.71. The van der Waals surface area contributed by atoms with Gasteiger partial charge in [0.25, 0.3) is 0 Å². The Kier molecular flexibility index (Phi) is 6.91. The summed E-state index contributed by atoms with van der Waals surface area (Å²) in [4.78, 5) is 2.23. The summed E-state index contributed by atoms with van der Waals surface area (Å²) in [6, 6.07) is 0. The molecule has 3 N–H and O–H groups in total. The molecule has 3 heteroatoms. The van der Waals surface area contributed by atoms with Crippen molar-refractivity contribution >= 4 is 0 Å². The zero-order valence-corrected chi connectivity index (χ0v) is 6.71. The van der Waals surface area contributed by atoms with Gasteiger partial charge in [0.1, 0.15) is 0 Å². The highest BCUT2D eigenvalue weighted by atomic mass is 16.3. The highest BCUT2D eigenvalue weighted by Gasteiger charge is 1.97. The van der Waals surface area contributed by atoms with Gasteiger partial charge in [0.15, 0.2) is 0 Å². The van der Waals surface area contributed by atoms with Gasteiger partial charge in [-0.15, -0.1) is 0 Å². The molecule has 0 saturated heterocycles. The lowest BCUT2D eigenvalue weighted by molar-refractivity contribution is 0.233. The average Bonchev–Trinajstić information content (AvgIpc) is 1.98. The van der Waals surface area contributed by atoms with Gasteiger partial charge >= 0.3 is 0 Å². The number of hydrogen-bond donors (Lipinski definition) is 2. The second-order valence-corrected chi connectivity index (χ2v) is 2.30. The summed E-state index contributed by atoms with van der Waals surface area (Å²) in [6.07, 6.45) is 0.855. The molecule has 0 bridgehead atoms.